The van der Waals surface area contributed by atoms with Gasteiger partial charge in [-0.3, -0.25) is 4.79 Å². The van der Waals surface area contributed by atoms with Gasteiger partial charge in [0.1, 0.15) is 5.82 Å². The van der Waals surface area contributed by atoms with Crippen molar-refractivity contribution in [1.82, 2.24) is 10.3 Å². The average molecular weight is 335 g/mol. The number of methoxy groups -OCH3 is 1. The Morgan fingerprint density at radius 2 is 2.08 bits per heavy atom. The quantitative estimate of drug-likeness (QED) is 0.596. The van der Waals surface area contributed by atoms with Crippen LogP contribution < -0.4 is 10.2 Å². The second kappa shape index (κ2) is 9.22. The van der Waals surface area contributed by atoms with Crippen LogP contribution in [-0.4, -0.2) is 56.8 Å². The highest BCUT2D eigenvalue weighted by Crippen LogP contribution is 2.22. The SMILES string of the molecule is CCOC(=O)c1ccc(N2CCC(C(=O)NCCOC)CC2)nc1. The van der Waals surface area contributed by atoms with E-state index in [0.29, 0.717) is 25.3 Å². The third kappa shape index (κ3) is 4.92. The molecule has 1 saturated heterocycles. The molecule has 1 N–H and O–H groups in total. The zero-order valence-electron chi connectivity index (χ0n) is 14.3. The lowest BCUT2D eigenvalue weighted by Gasteiger charge is -2.32. The van der Waals surface area contributed by atoms with Crippen LogP contribution in [0.4, 0.5) is 5.82 Å². The Bertz CT molecular complexity index is 539. The van der Waals surface area contributed by atoms with Crippen molar-refractivity contribution in [1.29, 1.82) is 0 Å². The van der Waals surface area contributed by atoms with Crippen LogP contribution in [0, 0.1) is 5.92 Å². The molecule has 1 aromatic rings. The van der Waals surface area contributed by atoms with Crippen molar-refractivity contribution in [3.05, 3.63) is 23.9 Å². The van der Waals surface area contributed by atoms with Crippen LogP contribution in [0.1, 0.15) is 30.1 Å². The molecule has 0 atom stereocenters. The molecule has 0 spiro atoms. The van der Waals surface area contributed by atoms with Gasteiger partial charge >= 0.3 is 5.97 Å². The molecule has 1 fully saturated rings. The number of pyridine rings is 1. The summed E-state index contributed by atoms with van der Waals surface area (Å²) in [5.74, 6) is 0.596. The van der Waals surface area contributed by atoms with Gasteiger partial charge < -0.3 is 19.7 Å². The highest BCUT2D eigenvalue weighted by Gasteiger charge is 2.25. The van der Waals surface area contributed by atoms with E-state index in [1.54, 1.807) is 20.1 Å². The maximum Gasteiger partial charge on any atom is 0.339 e. The van der Waals surface area contributed by atoms with Gasteiger partial charge in [0.25, 0.3) is 0 Å². The number of carbonyl (C=O) groups is 2. The van der Waals surface area contributed by atoms with E-state index in [2.05, 4.69) is 15.2 Å². The number of nitrogens with one attached hydrogen (secondary N) is 1. The lowest BCUT2D eigenvalue weighted by Crippen LogP contribution is -2.41. The van der Waals surface area contributed by atoms with Crippen molar-refractivity contribution in [2.75, 3.05) is 44.9 Å². The van der Waals surface area contributed by atoms with E-state index in [4.69, 9.17) is 9.47 Å². The summed E-state index contributed by atoms with van der Waals surface area (Å²) >= 11 is 0. The smallest absolute Gasteiger partial charge is 0.339 e. The highest BCUT2D eigenvalue weighted by atomic mass is 16.5. The first-order valence-corrected chi connectivity index (χ1v) is 8.30. The zero-order valence-corrected chi connectivity index (χ0v) is 14.3. The van der Waals surface area contributed by atoms with Gasteiger partial charge in [-0.15, -0.1) is 0 Å². The fourth-order valence-electron chi connectivity index (χ4n) is 2.70. The van der Waals surface area contributed by atoms with Gasteiger partial charge in [-0.2, -0.15) is 0 Å². The number of aromatic nitrogens is 1. The predicted molar refractivity (Wildman–Crippen MR) is 90.0 cm³/mol. The zero-order chi connectivity index (χ0) is 17.4. The lowest BCUT2D eigenvalue weighted by atomic mass is 9.96. The number of hydrogen-bond acceptors (Lipinski definition) is 6. The fourth-order valence-corrected chi connectivity index (χ4v) is 2.70. The van der Waals surface area contributed by atoms with E-state index in [1.807, 2.05) is 6.07 Å². The number of hydrogen-bond donors (Lipinski definition) is 1. The first-order chi connectivity index (χ1) is 11.7. The van der Waals surface area contributed by atoms with Gasteiger partial charge in [-0.05, 0) is 31.9 Å². The molecule has 1 amide bonds. The number of piperidine rings is 1. The monoisotopic (exact) mass is 335 g/mol. The van der Waals surface area contributed by atoms with Crippen molar-refractivity contribution in [3.63, 3.8) is 0 Å². The molecule has 0 saturated carbocycles. The fraction of sp³-hybridized carbons (Fsp3) is 0.588. The number of esters is 1. The summed E-state index contributed by atoms with van der Waals surface area (Å²) in [7, 11) is 1.62. The summed E-state index contributed by atoms with van der Waals surface area (Å²) < 4.78 is 9.88. The number of nitrogens with zero attached hydrogens (tertiary/aromatic N) is 2. The van der Waals surface area contributed by atoms with E-state index in [0.717, 1.165) is 31.7 Å². The second-order valence-corrected chi connectivity index (χ2v) is 5.67. The minimum atomic E-state index is -0.358. The highest BCUT2D eigenvalue weighted by molar-refractivity contribution is 5.89. The lowest BCUT2D eigenvalue weighted by molar-refractivity contribution is -0.125. The summed E-state index contributed by atoms with van der Waals surface area (Å²) in [6, 6.07) is 3.55. The van der Waals surface area contributed by atoms with Crippen molar-refractivity contribution in [2.45, 2.75) is 19.8 Å². The Balaban J connectivity index is 1.83. The summed E-state index contributed by atoms with van der Waals surface area (Å²) in [4.78, 5) is 30.2. The first-order valence-electron chi connectivity index (χ1n) is 8.30. The standard InChI is InChI=1S/C17H25N3O4/c1-3-24-17(22)14-4-5-15(19-12-14)20-9-6-13(7-10-20)16(21)18-8-11-23-2/h4-5,12-13H,3,6-11H2,1-2H3,(H,18,21). The van der Waals surface area contributed by atoms with Crippen LogP contribution in [0.3, 0.4) is 0 Å². The minimum absolute atomic E-state index is 0.0388. The van der Waals surface area contributed by atoms with Gasteiger partial charge in [0.05, 0.1) is 18.8 Å². The summed E-state index contributed by atoms with van der Waals surface area (Å²) in [6.07, 6.45) is 3.12. The molecule has 1 aliphatic heterocycles. The third-order valence-electron chi connectivity index (χ3n) is 4.05. The molecular weight excluding hydrogens is 310 g/mol. The van der Waals surface area contributed by atoms with E-state index >= 15 is 0 Å². The Morgan fingerprint density at radius 1 is 1.33 bits per heavy atom. The Hall–Kier alpha value is -2.15. The van der Waals surface area contributed by atoms with Gasteiger partial charge in [0.2, 0.25) is 5.91 Å². The molecule has 132 valence electrons. The molecule has 1 aromatic heterocycles. The van der Waals surface area contributed by atoms with E-state index in [1.165, 1.54) is 6.20 Å². The average Bonchev–Trinajstić information content (AvgIpc) is 2.62. The number of carbonyl (C=O) groups excluding carboxylic acids is 2. The van der Waals surface area contributed by atoms with Gasteiger partial charge in [-0.1, -0.05) is 0 Å². The predicted octanol–water partition coefficient (Wildman–Crippen LogP) is 1.24. The van der Waals surface area contributed by atoms with Crippen LogP contribution in [0.2, 0.25) is 0 Å². The molecule has 0 aliphatic carbocycles. The van der Waals surface area contributed by atoms with Crippen molar-refractivity contribution in [2.24, 2.45) is 5.92 Å². The molecule has 7 nitrogen and oxygen atoms in total. The Kier molecular flexibility index (Phi) is 6.99. The topological polar surface area (TPSA) is 80.8 Å². The molecule has 0 bridgehead atoms. The van der Waals surface area contributed by atoms with Crippen molar-refractivity contribution < 1.29 is 19.1 Å². The molecule has 2 rings (SSSR count). The van der Waals surface area contributed by atoms with Crippen LogP contribution in [0.5, 0.6) is 0 Å². The summed E-state index contributed by atoms with van der Waals surface area (Å²) in [5, 5.41) is 2.89. The minimum Gasteiger partial charge on any atom is -0.462 e. The van der Waals surface area contributed by atoms with E-state index in [-0.39, 0.29) is 17.8 Å². The third-order valence-corrected chi connectivity index (χ3v) is 4.05. The number of rotatable bonds is 7. The van der Waals surface area contributed by atoms with Crippen molar-refractivity contribution in [3.8, 4) is 0 Å². The van der Waals surface area contributed by atoms with Crippen LogP contribution >= 0.6 is 0 Å². The largest absolute Gasteiger partial charge is 0.462 e. The molecule has 1 aliphatic rings. The van der Waals surface area contributed by atoms with Gasteiger partial charge in [0, 0.05) is 38.9 Å². The van der Waals surface area contributed by atoms with Crippen LogP contribution in [0.15, 0.2) is 18.3 Å². The van der Waals surface area contributed by atoms with Crippen molar-refractivity contribution >= 4 is 17.7 Å². The number of ether oxygens (including phenoxy) is 2. The molecule has 0 aromatic carbocycles. The molecule has 2 heterocycles. The van der Waals surface area contributed by atoms with E-state index < -0.39 is 0 Å². The normalized spacial score (nSPS) is 15.2. The first kappa shape index (κ1) is 18.2. The molecule has 7 heteroatoms. The molecular formula is C17H25N3O4. The van der Waals surface area contributed by atoms with Crippen LogP contribution in [-0.2, 0) is 14.3 Å². The molecule has 0 unspecified atom stereocenters. The van der Waals surface area contributed by atoms with E-state index in [9.17, 15) is 9.59 Å². The van der Waals surface area contributed by atoms with Crippen LogP contribution in [0.25, 0.3) is 0 Å². The Morgan fingerprint density at radius 3 is 2.67 bits per heavy atom. The number of anilines is 1. The maximum atomic E-state index is 12.0. The number of amides is 1. The molecule has 0 radical (unpaired) electrons. The second-order valence-electron chi connectivity index (χ2n) is 5.67. The van der Waals surface area contributed by atoms with Gasteiger partial charge in [-0.25, -0.2) is 9.78 Å². The van der Waals surface area contributed by atoms with Gasteiger partial charge in [0.15, 0.2) is 0 Å². The Labute approximate surface area is 142 Å². The molecule has 24 heavy (non-hydrogen) atoms. The summed E-state index contributed by atoms with van der Waals surface area (Å²) in [5.41, 5.74) is 0.452. The summed E-state index contributed by atoms with van der Waals surface area (Å²) in [6.45, 7) is 4.74. The maximum absolute atomic E-state index is 12.0.